The lowest BCUT2D eigenvalue weighted by atomic mass is 9.85. The van der Waals surface area contributed by atoms with Crippen molar-refractivity contribution < 1.29 is 18.0 Å². The topological polar surface area (TPSA) is 17.1 Å². The summed E-state index contributed by atoms with van der Waals surface area (Å²) in [6.07, 6.45) is -4.50. The van der Waals surface area contributed by atoms with E-state index >= 15 is 0 Å². The molecule has 0 unspecified atom stereocenters. The Hall–Kier alpha value is -0.540. The smallest absolute Gasteiger partial charge is 0.289 e. The fourth-order valence-electron chi connectivity index (χ4n) is 0.544. The Bertz CT molecular complexity index is 158. The summed E-state index contributed by atoms with van der Waals surface area (Å²) in [5, 5.41) is 0. The van der Waals surface area contributed by atoms with Gasteiger partial charge in [-0.15, -0.1) is 0 Å². The Labute approximate surface area is 63.6 Å². The minimum absolute atomic E-state index is 0.200. The standard InChI is InChI=1S/C7H11F3O/c1-4-6(2,3)5(11)7(8,9)10/h4H2,1-3H3. The van der Waals surface area contributed by atoms with Crippen LogP contribution in [0.5, 0.6) is 0 Å². The summed E-state index contributed by atoms with van der Waals surface area (Å²) in [5.41, 5.74) is -1.28. The van der Waals surface area contributed by atoms with Gasteiger partial charge in [0, 0.05) is 5.41 Å². The van der Waals surface area contributed by atoms with Crippen LogP contribution < -0.4 is 0 Å². The molecular weight excluding hydrogens is 157 g/mol. The maximum absolute atomic E-state index is 11.8. The lowest BCUT2D eigenvalue weighted by molar-refractivity contribution is -0.180. The molecule has 0 aromatic heterocycles. The number of alkyl halides is 3. The number of ketones is 1. The number of hydrogen-bond donors (Lipinski definition) is 0. The van der Waals surface area contributed by atoms with Crippen molar-refractivity contribution in [3.63, 3.8) is 0 Å². The zero-order valence-electron chi connectivity index (χ0n) is 6.75. The van der Waals surface area contributed by atoms with Gasteiger partial charge in [-0.1, -0.05) is 20.8 Å². The average molecular weight is 168 g/mol. The second kappa shape index (κ2) is 2.83. The van der Waals surface area contributed by atoms with Crippen LogP contribution in [0, 0.1) is 5.41 Å². The summed E-state index contributed by atoms with van der Waals surface area (Å²) in [6.45, 7) is 4.15. The molecule has 0 N–H and O–H groups in total. The summed E-state index contributed by atoms with van der Waals surface area (Å²) >= 11 is 0. The summed E-state index contributed by atoms with van der Waals surface area (Å²) in [7, 11) is 0. The molecule has 0 aliphatic rings. The molecule has 66 valence electrons. The van der Waals surface area contributed by atoms with E-state index in [2.05, 4.69) is 0 Å². The Morgan fingerprint density at radius 3 is 1.73 bits per heavy atom. The summed E-state index contributed by atoms with van der Waals surface area (Å²) in [5.74, 6) is -1.65. The van der Waals surface area contributed by atoms with E-state index in [-0.39, 0.29) is 6.42 Å². The largest absolute Gasteiger partial charge is 0.450 e. The normalized spacial score (nSPS) is 13.3. The van der Waals surface area contributed by atoms with Gasteiger partial charge in [-0.25, -0.2) is 0 Å². The molecular formula is C7H11F3O. The minimum atomic E-state index is -4.69. The van der Waals surface area contributed by atoms with E-state index in [9.17, 15) is 18.0 Å². The van der Waals surface area contributed by atoms with Crippen molar-refractivity contribution in [2.75, 3.05) is 0 Å². The van der Waals surface area contributed by atoms with Crippen LogP contribution in [0.3, 0.4) is 0 Å². The molecule has 11 heavy (non-hydrogen) atoms. The molecule has 0 rings (SSSR count). The van der Waals surface area contributed by atoms with E-state index in [4.69, 9.17) is 0 Å². The molecule has 0 aromatic carbocycles. The number of halogens is 3. The number of Topliss-reactive ketones (excluding diaryl/α,β-unsaturated/α-hetero) is 1. The molecule has 0 radical (unpaired) electrons. The zero-order valence-corrected chi connectivity index (χ0v) is 6.75. The van der Waals surface area contributed by atoms with E-state index in [1.54, 1.807) is 6.92 Å². The van der Waals surface area contributed by atoms with Crippen LogP contribution in [0.1, 0.15) is 27.2 Å². The monoisotopic (exact) mass is 168 g/mol. The van der Waals surface area contributed by atoms with E-state index in [0.717, 1.165) is 0 Å². The van der Waals surface area contributed by atoms with Crippen LogP contribution in [0.4, 0.5) is 13.2 Å². The first-order valence-corrected chi connectivity index (χ1v) is 3.33. The molecule has 0 spiro atoms. The quantitative estimate of drug-likeness (QED) is 0.619. The van der Waals surface area contributed by atoms with E-state index in [1.165, 1.54) is 13.8 Å². The number of carbonyl (C=O) groups is 1. The third-order valence-corrected chi connectivity index (χ3v) is 1.76. The molecule has 0 aliphatic heterocycles. The van der Waals surface area contributed by atoms with Gasteiger partial charge in [-0.3, -0.25) is 4.79 Å². The summed E-state index contributed by atoms with van der Waals surface area (Å²) in [4.78, 5) is 10.6. The van der Waals surface area contributed by atoms with Crippen LogP contribution in [-0.2, 0) is 4.79 Å². The van der Waals surface area contributed by atoms with Crippen molar-refractivity contribution in [1.82, 2.24) is 0 Å². The first-order valence-electron chi connectivity index (χ1n) is 3.33. The first-order chi connectivity index (χ1) is 4.72. The highest BCUT2D eigenvalue weighted by Crippen LogP contribution is 2.31. The fraction of sp³-hybridized carbons (Fsp3) is 0.857. The van der Waals surface area contributed by atoms with Gasteiger partial charge >= 0.3 is 6.18 Å². The Kier molecular flexibility index (Phi) is 2.69. The van der Waals surface area contributed by atoms with Gasteiger partial charge in [0.2, 0.25) is 5.78 Å². The lowest BCUT2D eigenvalue weighted by Gasteiger charge is -2.21. The molecule has 4 heteroatoms. The maximum atomic E-state index is 11.8. The van der Waals surface area contributed by atoms with E-state index in [1.807, 2.05) is 0 Å². The number of hydrogen-bond acceptors (Lipinski definition) is 1. The molecule has 0 aliphatic carbocycles. The predicted molar refractivity (Wildman–Crippen MR) is 35.1 cm³/mol. The Balaban J connectivity index is 4.50. The van der Waals surface area contributed by atoms with Crippen molar-refractivity contribution in [1.29, 1.82) is 0 Å². The SMILES string of the molecule is CCC(C)(C)C(=O)C(F)(F)F. The zero-order chi connectivity index (χ0) is 9.28. The van der Waals surface area contributed by atoms with Crippen LogP contribution in [0.2, 0.25) is 0 Å². The molecule has 0 saturated heterocycles. The minimum Gasteiger partial charge on any atom is -0.289 e. The molecule has 0 fully saturated rings. The highest BCUT2D eigenvalue weighted by atomic mass is 19.4. The van der Waals surface area contributed by atoms with Gasteiger partial charge in [-0.05, 0) is 6.42 Å². The third kappa shape index (κ3) is 2.52. The highest BCUT2D eigenvalue weighted by Gasteiger charge is 2.46. The molecule has 0 saturated carbocycles. The van der Waals surface area contributed by atoms with Crippen molar-refractivity contribution >= 4 is 5.78 Å². The highest BCUT2D eigenvalue weighted by molar-refractivity contribution is 5.88. The Morgan fingerprint density at radius 1 is 1.27 bits per heavy atom. The number of rotatable bonds is 2. The van der Waals surface area contributed by atoms with Crippen molar-refractivity contribution in [3.8, 4) is 0 Å². The van der Waals surface area contributed by atoms with E-state index < -0.39 is 17.4 Å². The van der Waals surface area contributed by atoms with Crippen LogP contribution in [-0.4, -0.2) is 12.0 Å². The third-order valence-electron chi connectivity index (χ3n) is 1.76. The van der Waals surface area contributed by atoms with Crippen LogP contribution in [0.25, 0.3) is 0 Å². The van der Waals surface area contributed by atoms with Crippen LogP contribution >= 0.6 is 0 Å². The van der Waals surface area contributed by atoms with E-state index in [0.29, 0.717) is 0 Å². The molecule has 1 nitrogen and oxygen atoms in total. The van der Waals surface area contributed by atoms with Gasteiger partial charge in [0.05, 0.1) is 0 Å². The maximum Gasteiger partial charge on any atom is 0.450 e. The Morgan fingerprint density at radius 2 is 1.64 bits per heavy atom. The molecule has 0 atom stereocenters. The molecule has 0 aromatic rings. The summed E-state index contributed by atoms with van der Waals surface area (Å²) < 4.78 is 35.3. The van der Waals surface area contributed by atoms with Gasteiger partial charge < -0.3 is 0 Å². The first kappa shape index (κ1) is 10.5. The van der Waals surface area contributed by atoms with Gasteiger partial charge in [0.1, 0.15) is 0 Å². The summed E-state index contributed by atoms with van der Waals surface area (Å²) in [6, 6.07) is 0. The van der Waals surface area contributed by atoms with Crippen molar-refractivity contribution in [3.05, 3.63) is 0 Å². The van der Waals surface area contributed by atoms with Crippen molar-refractivity contribution in [2.24, 2.45) is 5.41 Å². The molecule has 0 bridgehead atoms. The predicted octanol–water partition coefficient (Wildman–Crippen LogP) is 2.55. The van der Waals surface area contributed by atoms with Gasteiger partial charge in [-0.2, -0.15) is 13.2 Å². The molecule has 0 amide bonds. The number of carbonyl (C=O) groups excluding carboxylic acids is 1. The fourth-order valence-corrected chi connectivity index (χ4v) is 0.544. The second-order valence-corrected chi connectivity index (χ2v) is 3.06. The molecule has 0 heterocycles. The second-order valence-electron chi connectivity index (χ2n) is 3.06. The van der Waals surface area contributed by atoms with Crippen LogP contribution in [0.15, 0.2) is 0 Å². The van der Waals surface area contributed by atoms with Gasteiger partial charge in [0.25, 0.3) is 0 Å². The van der Waals surface area contributed by atoms with Gasteiger partial charge in [0.15, 0.2) is 0 Å². The lowest BCUT2D eigenvalue weighted by Crippen LogP contribution is -2.36. The average Bonchev–Trinajstić information content (AvgIpc) is 1.84. The van der Waals surface area contributed by atoms with Crippen molar-refractivity contribution in [2.45, 2.75) is 33.4 Å².